The first-order chi connectivity index (χ1) is 6.93. The quantitative estimate of drug-likeness (QED) is 0.610. The molecule has 2 aliphatic heterocycles. The zero-order valence-electron chi connectivity index (χ0n) is 8.70. The van der Waals surface area contributed by atoms with E-state index in [0.29, 0.717) is 19.6 Å². The second-order valence-electron chi connectivity index (χ2n) is 4.22. The standard InChI is InChI=1S/C9H13ClN2O3/c1-6(10)7(13)12-4-9(5-12)3-11(2)8(14)15-9/h6H,3-5H2,1-2H3. The van der Waals surface area contributed by atoms with Crippen LogP contribution in [0.3, 0.4) is 0 Å². The fourth-order valence-corrected chi connectivity index (χ4v) is 2.15. The van der Waals surface area contributed by atoms with E-state index in [1.807, 2.05) is 0 Å². The third kappa shape index (κ3) is 1.65. The summed E-state index contributed by atoms with van der Waals surface area (Å²) in [7, 11) is 1.69. The van der Waals surface area contributed by atoms with Crippen LogP contribution in [0.15, 0.2) is 0 Å². The van der Waals surface area contributed by atoms with Crippen molar-refractivity contribution in [3.05, 3.63) is 0 Å². The second kappa shape index (κ2) is 3.27. The molecule has 0 N–H and O–H groups in total. The van der Waals surface area contributed by atoms with Crippen molar-refractivity contribution >= 4 is 23.6 Å². The summed E-state index contributed by atoms with van der Waals surface area (Å²) in [6, 6.07) is 0. The van der Waals surface area contributed by atoms with Crippen molar-refractivity contribution in [1.82, 2.24) is 9.80 Å². The number of nitrogens with zero attached hydrogens (tertiary/aromatic N) is 2. The van der Waals surface area contributed by atoms with Crippen LogP contribution in [-0.2, 0) is 9.53 Å². The Hall–Kier alpha value is -0.970. The summed E-state index contributed by atoms with van der Waals surface area (Å²) >= 11 is 5.68. The predicted octanol–water partition coefficient (Wildman–Crippen LogP) is 0.277. The Morgan fingerprint density at radius 1 is 1.53 bits per heavy atom. The van der Waals surface area contributed by atoms with Crippen molar-refractivity contribution in [2.24, 2.45) is 0 Å². The van der Waals surface area contributed by atoms with Crippen LogP contribution in [0.4, 0.5) is 4.79 Å². The van der Waals surface area contributed by atoms with Gasteiger partial charge in [-0.1, -0.05) is 0 Å². The van der Waals surface area contributed by atoms with Crippen molar-refractivity contribution in [3.8, 4) is 0 Å². The lowest BCUT2D eigenvalue weighted by molar-refractivity contribution is -0.149. The second-order valence-corrected chi connectivity index (χ2v) is 4.87. The number of likely N-dealkylation sites (tertiary alicyclic amines) is 1. The van der Waals surface area contributed by atoms with Crippen molar-refractivity contribution < 1.29 is 14.3 Å². The average Bonchev–Trinajstić information content (AvgIpc) is 2.39. The number of amides is 2. The molecule has 1 spiro atoms. The van der Waals surface area contributed by atoms with Crippen LogP contribution < -0.4 is 0 Å². The van der Waals surface area contributed by atoms with Gasteiger partial charge in [0, 0.05) is 7.05 Å². The van der Waals surface area contributed by atoms with Gasteiger partial charge in [0.1, 0.15) is 5.38 Å². The Balaban J connectivity index is 1.93. The molecule has 0 aliphatic carbocycles. The Bertz CT molecular complexity index is 312. The molecule has 2 fully saturated rings. The fraction of sp³-hybridized carbons (Fsp3) is 0.778. The summed E-state index contributed by atoms with van der Waals surface area (Å²) in [6.45, 7) is 3.10. The molecule has 0 aromatic carbocycles. The highest BCUT2D eigenvalue weighted by atomic mass is 35.5. The average molecular weight is 233 g/mol. The minimum Gasteiger partial charge on any atom is -0.437 e. The number of likely N-dealkylation sites (N-methyl/N-ethyl adjacent to an activating group) is 1. The van der Waals surface area contributed by atoms with Crippen molar-refractivity contribution in [2.45, 2.75) is 17.9 Å². The highest BCUT2D eigenvalue weighted by Crippen LogP contribution is 2.32. The van der Waals surface area contributed by atoms with E-state index in [-0.39, 0.29) is 12.0 Å². The molecular weight excluding hydrogens is 220 g/mol. The molecule has 84 valence electrons. The van der Waals surface area contributed by atoms with Gasteiger partial charge in [-0.3, -0.25) is 4.79 Å². The Kier molecular flexibility index (Phi) is 2.30. The van der Waals surface area contributed by atoms with Gasteiger partial charge in [-0.15, -0.1) is 11.6 Å². The maximum absolute atomic E-state index is 11.5. The lowest BCUT2D eigenvalue weighted by Crippen LogP contribution is -2.66. The molecule has 2 saturated heterocycles. The maximum Gasteiger partial charge on any atom is 0.410 e. The first-order valence-electron chi connectivity index (χ1n) is 4.80. The first-order valence-corrected chi connectivity index (χ1v) is 5.24. The van der Waals surface area contributed by atoms with Crippen LogP contribution in [-0.4, -0.2) is 59.5 Å². The molecular formula is C9H13ClN2O3. The van der Waals surface area contributed by atoms with E-state index in [2.05, 4.69) is 0 Å². The molecule has 2 amide bonds. The Morgan fingerprint density at radius 3 is 2.53 bits per heavy atom. The molecule has 0 saturated carbocycles. The van der Waals surface area contributed by atoms with Crippen LogP contribution in [0.25, 0.3) is 0 Å². The number of alkyl halides is 1. The van der Waals surface area contributed by atoms with Gasteiger partial charge in [-0.05, 0) is 6.92 Å². The van der Waals surface area contributed by atoms with Crippen LogP contribution >= 0.6 is 11.6 Å². The number of halogens is 1. The molecule has 2 rings (SSSR count). The van der Waals surface area contributed by atoms with Crippen molar-refractivity contribution in [2.75, 3.05) is 26.7 Å². The molecule has 1 unspecified atom stereocenters. The topological polar surface area (TPSA) is 49.9 Å². The molecule has 0 aromatic heterocycles. The maximum atomic E-state index is 11.5. The predicted molar refractivity (Wildman–Crippen MR) is 53.7 cm³/mol. The number of rotatable bonds is 1. The Labute approximate surface area is 92.9 Å². The molecule has 2 aliphatic rings. The van der Waals surface area contributed by atoms with E-state index in [4.69, 9.17) is 16.3 Å². The van der Waals surface area contributed by atoms with Gasteiger partial charge in [0.25, 0.3) is 0 Å². The zero-order valence-corrected chi connectivity index (χ0v) is 9.45. The van der Waals surface area contributed by atoms with Crippen LogP contribution in [0.2, 0.25) is 0 Å². The van der Waals surface area contributed by atoms with Crippen molar-refractivity contribution in [1.29, 1.82) is 0 Å². The molecule has 2 heterocycles. The summed E-state index contributed by atoms with van der Waals surface area (Å²) in [5.41, 5.74) is -0.479. The van der Waals surface area contributed by atoms with E-state index in [0.717, 1.165) is 0 Å². The SMILES string of the molecule is CC(Cl)C(=O)N1CC2(CN(C)C(=O)O2)C1. The minimum absolute atomic E-state index is 0.104. The number of ether oxygens (including phenoxy) is 1. The van der Waals surface area contributed by atoms with E-state index in [1.165, 1.54) is 4.90 Å². The third-order valence-electron chi connectivity index (χ3n) is 2.75. The molecule has 1 atom stereocenters. The number of hydrogen-bond donors (Lipinski definition) is 0. The van der Waals surface area contributed by atoms with E-state index in [9.17, 15) is 9.59 Å². The minimum atomic E-state index is -0.516. The summed E-state index contributed by atoms with van der Waals surface area (Å²) in [5, 5.41) is -0.516. The molecule has 5 nitrogen and oxygen atoms in total. The van der Waals surface area contributed by atoms with Crippen molar-refractivity contribution in [3.63, 3.8) is 0 Å². The van der Waals surface area contributed by atoms with Gasteiger partial charge in [0.2, 0.25) is 5.91 Å². The fourth-order valence-electron chi connectivity index (χ4n) is 2.01. The van der Waals surface area contributed by atoms with Gasteiger partial charge >= 0.3 is 6.09 Å². The normalized spacial score (nSPS) is 25.1. The highest BCUT2D eigenvalue weighted by Gasteiger charge is 2.54. The van der Waals surface area contributed by atoms with Gasteiger partial charge in [0.15, 0.2) is 5.60 Å². The summed E-state index contributed by atoms with van der Waals surface area (Å²) < 4.78 is 5.21. The third-order valence-corrected chi connectivity index (χ3v) is 2.94. The molecule has 15 heavy (non-hydrogen) atoms. The van der Waals surface area contributed by atoms with Crippen LogP contribution in [0.1, 0.15) is 6.92 Å². The smallest absolute Gasteiger partial charge is 0.410 e. The molecule has 0 radical (unpaired) electrons. The molecule has 0 bridgehead atoms. The monoisotopic (exact) mass is 232 g/mol. The lowest BCUT2D eigenvalue weighted by Gasteiger charge is -2.45. The number of carbonyl (C=O) groups excluding carboxylic acids is 2. The Morgan fingerprint density at radius 2 is 2.13 bits per heavy atom. The first kappa shape index (κ1) is 10.5. The molecule has 6 heteroatoms. The summed E-state index contributed by atoms with van der Waals surface area (Å²) in [4.78, 5) is 25.8. The van der Waals surface area contributed by atoms with Gasteiger partial charge < -0.3 is 14.5 Å². The van der Waals surface area contributed by atoms with E-state index < -0.39 is 11.0 Å². The summed E-state index contributed by atoms with van der Waals surface area (Å²) in [5.74, 6) is -0.104. The number of carbonyl (C=O) groups is 2. The van der Waals surface area contributed by atoms with Gasteiger partial charge in [0.05, 0.1) is 19.6 Å². The highest BCUT2D eigenvalue weighted by molar-refractivity contribution is 6.30. The largest absolute Gasteiger partial charge is 0.437 e. The van der Waals surface area contributed by atoms with E-state index in [1.54, 1.807) is 18.9 Å². The van der Waals surface area contributed by atoms with Gasteiger partial charge in [-0.2, -0.15) is 0 Å². The lowest BCUT2D eigenvalue weighted by atomic mass is 9.94. The van der Waals surface area contributed by atoms with E-state index >= 15 is 0 Å². The van der Waals surface area contributed by atoms with Gasteiger partial charge in [-0.25, -0.2) is 4.79 Å². The summed E-state index contributed by atoms with van der Waals surface area (Å²) in [6.07, 6.45) is -0.318. The number of hydrogen-bond acceptors (Lipinski definition) is 3. The van der Waals surface area contributed by atoms with Crippen LogP contribution in [0.5, 0.6) is 0 Å². The van der Waals surface area contributed by atoms with Crippen LogP contribution in [0, 0.1) is 0 Å². The zero-order chi connectivity index (χ0) is 11.2. The molecule has 0 aromatic rings.